The molecule has 143 valence electrons. The molecule has 0 saturated carbocycles. The predicted octanol–water partition coefficient (Wildman–Crippen LogP) is 5.20. The van der Waals surface area contributed by atoms with Crippen molar-refractivity contribution < 1.29 is 19.2 Å². The highest BCUT2D eigenvalue weighted by Crippen LogP contribution is 2.11. The van der Waals surface area contributed by atoms with Crippen LogP contribution in [0.1, 0.15) is 81.5 Å². The summed E-state index contributed by atoms with van der Waals surface area (Å²) in [5.41, 5.74) is 0.470. The summed E-state index contributed by atoms with van der Waals surface area (Å²) in [6, 6.07) is 8.79. The van der Waals surface area contributed by atoms with Crippen LogP contribution in [0, 0.1) is 0 Å². The Morgan fingerprint density at radius 3 is 2.19 bits per heavy atom. The fourth-order valence-electron chi connectivity index (χ4n) is 2.56. The first kappa shape index (κ1) is 21.9. The van der Waals surface area contributed by atoms with Crippen molar-refractivity contribution in [2.45, 2.75) is 71.1 Å². The molecule has 0 atom stereocenters. The van der Waals surface area contributed by atoms with Gasteiger partial charge in [-0.05, 0) is 37.1 Å². The molecule has 0 bridgehead atoms. The van der Waals surface area contributed by atoms with Crippen molar-refractivity contribution in [3.05, 3.63) is 35.9 Å². The molecular weight excluding hydrogens is 330 g/mol. The average Bonchev–Trinajstić information content (AvgIpc) is 2.67. The van der Waals surface area contributed by atoms with E-state index in [1.54, 1.807) is 24.3 Å². The molecular formula is C21H30NO4. The van der Waals surface area contributed by atoms with Crippen LogP contribution < -0.4 is 0 Å². The van der Waals surface area contributed by atoms with Gasteiger partial charge in [-0.15, -0.1) is 0 Å². The smallest absolute Gasteiger partial charge is 0.365 e. The predicted molar refractivity (Wildman–Crippen MR) is 103 cm³/mol. The molecule has 1 radical (unpaired) electrons. The Hall–Kier alpha value is -2.17. The minimum Gasteiger partial charge on any atom is -0.479 e. The molecule has 0 amide bonds. The molecule has 0 aliphatic rings. The lowest BCUT2D eigenvalue weighted by molar-refractivity contribution is 0.0499. The monoisotopic (exact) mass is 360 g/mol. The molecule has 0 aromatic heterocycles. The van der Waals surface area contributed by atoms with Gasteiger partial charge in [-0.25, -0.2) is 4.79 Å². The summed E-state index contributed by atoms with van der Waals surface area (Å²) in [6.07, 6.45) is 12.1. The number of carbonyl (C=O) groups is 1. The fraction of sp³-hybridized carbons (Fsp3) is 0.571. The Bertz CT molecular complexity index is 528. The van der Waals surface area contributed by atoms with Crippen molar-refractivity contribution in [2.75, 3.05) is 6.61 Å². The Kier molecular flexibility index (Phi) is 12.7. The summed E-state index contributed by atoms with van der Waals surface area (Å²) in [4.78, 5) is 27.0. The summed E-state index contributed by atoms with van der Waals surface area (Å²) in [7, 11) is 0. The van der Waals surface area contributed by atoms with Gasteiger partial charge in [0.15, 0.2) is 6.29 Å². The molecule has 0 saturated heterocycles. The third-order valence-electron chi connectivity index (χ3n) is 3.97. The van der Waals surface area contributed by atoms with E-state index in [1.165, 1.54) is 25.7 Å². The highest BCUT2D eigenvalue weighted by molar-refractivity contribution is 5.89. The molecule has 1 aromatic rings. The van der Waals surface area contributed by atoms with Gasteiger partial charge in [0.05, 0.1) is 12.2 Å². The highest BCUT2D eigenvalue weighted by atomic mass is 16.7. The maximum absolute atomic E-state index is 11.9. The van der Waals surface area contributed by atoms with Crippen LogP contribution in [-0.2, 0) is 14.4 Å². The number of ether oxygens (including phenoxy) is 1. The van der Waals surface area contributed by atoms with Crippen molar-refractivity contribution in [1.29, 1.82) is 0 Å². The van der Waals surface area contributed by atoms with Gasteiger partial charge in [-0.1, -0.05) is 56.7 Å². The van der Waals surface area contributed by atoms with Crippen LogP contribution in [0.5, 0.6) is 0 Å². The summed E-state index contributed by atoms with van der Waals surface area (Å²) >= 11 is 0. The van der Waals surface area contributed by atoms with E-state index in [0.29, 0.717) is 30.9 Å². The molecule has 5 heteroatoms. The first-order chi connectivity index (χ1) is 12.8. The van der Waals surface area contributed by atoms with E-state index in [2.05, 4.69) is 5.16 Å². The van der Waals surface area contributed by atoms with Crippen LogP contribution in [-0.4, -0.2) is 24.8 Å². The SMILES string of the molecule is CCOC(CCCCCCCCCC[C]=O)=NOC(=O)c1ccccc1. The number of oxime groups is 1. The van der Waals surface area contributed by atoms with E-state index >= 15 is 0 Å². The van der Waals surface area contributed by atoms with Gasteiger partial charge in [-0.2, -0.15) is 0 Å². The van der Waals surface area contributed by atoms with Gasteiger partial charge in [0, 0.05) is 12.8 Å². The van der Waals surface area contributed by atoms with Gasteiger partial charge in [0.25, 0.3) is 0 Å². The molecule has 0 N–H and O–H groups in total. The summed E-state index contributed by atoms with van der Waals surface area (Å²) in [6.45, 7) is 2.39. The minimum atomic E-state index is -0.477. The van der Waals surface area contributed by atoms with Gasteiger partial charge >= 0.3 is 5.97 Å². The van der Waals surface area contributed by atoms with Crippen molar-refractivity contribution in [1.82, 2.24) is 0 Å². The second-order valence-electron chi connectivity index (χ2n) is 6.14. The van der Waals surface area contributed by atoms with Crippen LogP contribution >= 0.6 is 0 Å². The maximum Gasteiger partial charge on any atom is 0.365 e. The van der Waals surface area contributed by atoms with Gasteiger partial charge in [0.1, 0.15) is 0 Å². The lowest BCUT2D eigenvalue weighted by Gasteiger charge is -2.07. The lowest BCUT2D eigenvalue weighted by Crippen LogP contribution is -2.08. The number of hydrogen-bond acceptors (Lipinski definition) is 5. The lowest BCUT2D eigenvalue weighted by atomic mass is 10.1. The molecule has 1 aromatic carbocycles. The third-order valence-corrected chi connectivity index (χ3v) is 3.97. The molecule has 26 heavy (non-hydrogen) atoms. The van der Waals surface area contributed by atoms with Crippen LogP contribution in [0.3, 0.4) is 0 Å². The Morgan fingerprint density at radius 1 is 0.962 bits per heavy atom. The van der Waals surface area contributed by atoms with Crippen LogP contribution in [0.4, 0.5) is 0 Å². The number of nitrogens with zero attached hydrogens (tertiary/aromatic N) is 1. The number of benzene rings is 1. The largest absolute Gasteiger partial charge is 0.479 e. The van der Waals surface area contributed by atoms with E-state index in [4.69, 9.17) is 9.57 Å². The number of unbranched alkanes of at least 4 members (excludes halogenated alkanes) is 8. The Balaban J connectivity index is 2.18. The number of rotatable bonds is 14. The van der Waals surface area contributed by atoms with Crippen molar-refractivity contribution in [3.8, 4) is 0 Å². The molecule has 0 spiro atoms. The maximum atomic E-state index is 11.9. The first-order valence-corrected chi connectivity index (χ1v) is 9.59. The molecule has 5 nitrogen and oxygen atoms in total. The summed E-state index contributed by atoms with van der Waals surface area (Å²) in [5, 5.41) is 3.88. The Morgan fingerprint density at radius 2 is 1.58 bits per heavy atom. The summed E-state index contributed by atoms with van der Waals surface area (Å²) < 4.78 is 5.45. The molecule has 0 unspecified atom stereocenters. The molecule has 1 rings (SSSR count). The fourth-order valence-corrected chi connectivity index (χ4v) is 2.56. The third kappa shape index (κ3) is 10.6. The van der Waals surface area contributed by atoms with E-state index < -0.39 is 5.97 Å². The Labute approximate surface area is 156 Å². The highest BCUT2D eigenvalue weighted by Gasteiger charge is 2.08. The normalized spacial score (nSPS) is 11.2. The van der Waals surface area contributed by atoms with Crippen LogP contribution in [0.15, 0.2) is 35.5 Å². The number of hydrogen-bond donors (Lipinski definition) is 0. The van der Waals surface area contributed by atoms with Crippen molar-refractivity contribution in [3.63, 3.8) is 0 Å². The molecule has 0 aliphatic carbocycles. The standard InChI is InChI=1S/C21H30NO4/c1-2-25-20(22-26-21(24)19-15-11-10-12-16-19)17-13-8-6-4-3-5-7-9-14-18-23/h10-12,15-16H,2-9,13-14,17H2,1H3. The zero-order chi connectivity index (χ0) is 18.9. The number of carbonyl (C=O) groups excluding carboxylic acids is 2. The molecule has 0 heterocycles. The second kappa shape index (κ2) is 15.1. The zero-order valence-corrected chi connectivity index (χ0v) is 15.7. The van der Waals surface area contributed by atoms with Gasteiger partial charge in [-0.3, -0.25) is 4.79 Å². The molecule has 0 fully saturated rings. The van der Waals surface area contributed by atoms with E-state index in [0.717, 1.165) is 25.7 Å². The van der Waals surface area contributed by atoms with E-state index in [9.17, 15) is 9.59 Å². The minimum absolute atomic E-state index is 0.470. The topological polar surface area (TPSA) is 65.0 Å². The molecule has 0 aliphatic heterocycles. The van der Waals surface area contributed by atoms with Gasteiger partial charge < -0.3 is 9.57 Å². The van der Waals surface area contributed by atoms with Gasteiger partial charge in [0.2, 0.25) is 5.90 Å². The van der Waals surface area contributed by atoms with Crippen LogP contribution in [0.25, 0.3) is 0 Å². The average molecular weight is 360 g/mol. The van der Waals surface area contributed by atoms with E-state index in [1.807, 2.05) is 19.3 Å². The first-order valence-electron chi connectivity index (χ1n) is 9.59. The van der Waals surface area contributed by atoms with Crippen LogP contribution in [0.2, 0.25) is 0 Å². The second-order valence-corrected chi connectivity index (χ2v) is 6.14. The summed E-state index contributed by atoms with van der Waals surface area (Å²) in [5.74, 6) is -0.00289. The quantitative estimate of drug-likeness (QED) is 0.150. The van der Waals surface area contributed by atoms with E-state index in [-0.39, 0.29) is 0 Å². The zero-order valence-electron chi connectivity index (χ0n) is 15.7. The van der Waals surface area contributed by atoms with Crippen molar-refractivity contribution in [2.24, 2.45) is 5.16 Å². The van der Waals surface area contributed by atoms with Crippen molar-refractivity contribution >= 4 is 18.2 Å².